The Balaban J connectivity index is 1.29. The molecule has 0 aliphatic carbocycles. The molecule has 0 atom stereocenters. The molecule has 4 heterocycles. The fourth-order valence-corrected chi connectivity index (χ4v) is 6.56. The number of hydrogen-bond acceptors (Lipinski definition) is 10. The Hall–Kier alpha value is -3.33. The van der Waals surface area contributed by atoms with E-state index in [4.69, 9.17) is 4.98 Å². The van der Waals surface area contributed by atoms with Crippen molar-refractivity contribution >= 4 is 50.7 Å². The summed E-state index contributed by atoms with van der Waals surface area (Å²) in [5.74, 6) is 2.57. The van der Waals surface area contributed by atoms with Crippen LogP contribution in [0.4, 0.5) is 42.1 Å². The van der Waals surface area contributed by atoms with Gasteiger partial charge in [-0.3, -0.25) is 4.31 Å². The van der Waals surface area contributed by atoms with Crippen molar-refractivity contribution in [3.05, 3.63) is 48.3 Å². The molecule has 1 N–H and O–H groups in total. The summed E-state index contributed by atoms with van der Waals surface area (Å²) in [7, 11) is -5.44. The number of nitrogens with zero attached hydrogens (tertiary/aromatic N) is 7. The van der Waals surface area contributed by atoms with Gasteiger partial charge in [-0.15, -0.1) is 0 Å². The Morgan fingerprint density at radius 2 is 1.83 bits per heavy atom. The summed E-state index contributed by atoms with van der Waals surface area (Å²) in [5, 5.41) is 3.82. The molecule has 0 radical (unpaired) electrons. The number of sulfonamides is 1. The molecule has 0 bridgehead atoms. The first kappa shape index (κ1) is 29.2. The van der Waals surface area contributed by atoms with Crippen LogP contribution in [0.3, 0.4) is 0 Å². The number of rotatable bonds is 9. The summed E-state index contributed by atoms with van der Waals surface area (Å²) in [4.78, 5) is 22.5. The van der Waals surface area contributed by atoms with E-state index in [1.807, 2.05) is 18.4 Å². The number of fused-ring (bicyclic) bond motifs is 1. The van der Waals surface area contributed by atoms with Gasteiger partial charge in [0.15, 0.2) is 5.16 Å². The van der Waals surface area contributed by atoms with E-state index in [-0.39, 0.29) is 18.7 Å². The summed E-state index contributed by atoms with van der Waals surface area (Å²) in [5.41, 5.74) is -4.19. The van der Waals surface area contributed by atoms with Crippen LogP contribution in [-0.2, 0) is 16.4 Å². The Labute approximate surface area is 241 Å². The van der Waals surface area contributed by atoms with Crippen LogP contribution in [0.25, 0.3) is 0 Å². The van der Waals surface area contributed by atoms with Gasteiger partial charge in [0.05, 0.1) is 5.69 Å². The van der Waals surface area contributed by atoms with Crippen LogP contribution in [-0.4, -0.2) is 72.8 Å². The summed E-state index contributed by atoms with van der Waals surface area (Å²) in [6.07, 6.45) is 7.61. The number of halogens is 3. The average Bonchev–Trinajstić information content (AvgIpc) is 3.40. The third-order valence-electron chi connectivity index (χ3n) is 7.30. The zero-order valence-electron chi connectivity index (χ0n) is 22.7. The Kier molecular flexibility index (Phi) is 8.45. The van der Waals surface area contributed by atoms with E-state index in [2.05, 4.69) is 37.0 Å². The quantitative estimate of drug-likeness (QED) is 0.272. The molecule has 2 aliphatic rings. The minimum atomic E-state index is -5.44. The van der Waals surface area contributed by atoms with E-state index < -0.39 is 15.5 Å². The van der Waals surface area contributed by atoms with Crippen LogP contribution in [0.15, 0.2) is 47.9 Å². The first-order valence-corrected chi connectivity index (χ1v) is 15.9. The maximum Gasteiger partial charge on any atom is 0.516 e. The van der Waals surface area contributed by atoms with E-state index in [1.165, 1.54) is 17.8 Å². The van der Waals surface area contributed by atoms with E-state index in [9.17, 15) is 21.6 Å². The van der Waals surface area contributed by atoms with Crippen molar-refractivity contribution in [3.8, 4) is 0 Å². The standard InChI is InChI=1S/C26H31F3N8O2S2/c1-3-35(17-18-7-12-36(13-8-18)24-30-10-4-11-31-24)23-16-22(33-25(34-23)40-2)32-20-5-6-21-19(15-20)9-14-37(21)41(38,39)26(27,28)29/h4-6,10-11,15-16,18H,3,7-9,12-14,17H2,1-2H3,(H,32,33,34). The summed E-state index contributed by atoms with van der Waals surface area (Å²) >= 11 is 1.42. The molecule has 41 heavy (non-hydrogen) atoms. The average molecular weight is 609 g/mol. The third-order valence-corrected chi connectivity index (χ3v) is 9.39. The van der Waals surface area contributed by atoms with Gasteiger partial charge >= 0.3 is 15.5 Å². The predicted molar refractivity (Wildman–Crippen MR) is 154 cm³/mol. The number of aromatic nitrogens is 4. The third kappa shape index (κ3) is 6.30. The number of alkyl halides is 3. The molecule has 0 unspecified atom stereocenters. The molecular formula is C26H31F3N8O2S2. The van der Waals surface area contributed by atoms with Crippen LogP contribution in [0.1, 0.15) is 25.3 Å². The largest absolute Gasteiger partial charge is 0.516 e. The second-order valence-electron chi connectivity index (χ2n) is 9.86. The van der Waals surface area contributed by atoms with Crippen LogP contribution < -0.4 is 19.4 Å². The zero-order valence-corrected chi connectivity index (χ0v) is 24.3. The number of benzene rings is 1. The Morgan fingerprint density at radius 1 is 1.10 bits per heavy atom. The molecule has 10 nitrogen and oxygen atoms in total. The molecule has 0 saturated carbocycles. The molecule has 2 aromatic heterocycles. The van der Waals surface area contributed by atoms with Crippen LogP contribution in [0, 0.1) is 5.92 Å². The molecule has 2 aliphatic heterocycles. The van der Waals surface area contributed by atoms with E-state index in [0.717, 1.165) is 50.8 Å². The molecule has 3 aromatic rings. The molecule has 1 aromatic carbocycles. The maximum atomic E-state index is 13.1. The predicted octanol–water partition coefficient (Wildman–Crippen LogP) is 4.69. The van der Waals surface area contributed by atoms with Crippen LogP contribution in [0.2, 0.25) is 0 Å². The normalized spacial score (nSPS) is 16.1. The number of anilines is 5. The fourth-order valence-electron chi connectivity index (χ4n) is 5.17. The van der Waals surface area contributed by atoms with E-state index in [1.54, 1.807) is 24.5 Å². The van der Waals surface area contributed by atoms with E-state index in [0.29, 0.717) is 32.4 Å². The maximum absolute atomic E-state index is 13.1. The summed E-state index contributed by atoms with van der Waals surface area (Å²) in [6, 6.07) is 8.31. The number of nitrogens with one attached hydrogen (secondary N) is 1. The van der Waals surface area contributed by atoms with Gasteiger partial charge in [-0.1, -0.05) is 11.8 Å². The molecule has 0 spiro atoms. The molecule has 1 saturated heterocycles. The highest BCUT2D eigenvalue weighted by Gasteiger charge is 2.51. The SMILES string of the molecule is CCN(CC1CCN(c2ncccn2)CC1)c1cc(Nc2ccc3c(c2)CCN3S(=O)(=O)C(F)(F)F)nc(SC)n1. The topological polar surface area (TPSA) is 107 Å². The lowest BCUT2D eigenvalue weighted by atomic mass is 9.96. The highest BCUT2D eigenvalue weighted by molar-refractivity contribution is 7.98. The van der Waals surface area contributed by atoms with Crippen molar-refractivity contribution in [2.75, 3.05) is 58.4 Å². The molecule has 15 heteroatoms. The molecule has 0 amide bonds. The van der Waals surface area contributed by atoms with Gasteiger partial charge in [0.25, 0.3) is 0 Å². The first-order valence-electron chi connectivity index (χ1n) is 13.3. The first-order chi connectivity index (χ1) is 19.6. The Bertz CT molecular complexity index is 1470. The van der Waals surface area contributed by atoms with Gasteiger partial charge in [0, 0.05) is 56.9 Å². The number of thioether (sulfide) groups is 1. The van der Waals surface area contributed by atoms with Gasteiger partial charge in [-0.2, -0.15) is 21.6 Å². The second kappa shape index (κ2) is 11.9. The van der Waals surface area contributed by atoms with Crippen molar-refractivity contribution < 1.29 is 21.6 Å². The van der Waals surface area contributed by atoms with E-state index >= 15 is 0 Å². The van der Waals surface area contributed by atoms with Crippen molar-refractivity contribution in [2.24, 2.45) is 5.92 Å². The van der Waals surface area contributed by atoms with Crippen LogP contribution >= 0.6 is 11.8 Å². The van der Waals surface area contributed by atoms with Crippen molar-refractivity contribution in [2.45, 2.75) is 36.9 Å². The lowest BCUT2D eigenvalue weighted by molar-refractivity contribution is -0.0437. The van der Waals surface area contributed by atoms with Crippen LogP contribution in [0.5, 0.6) is 0 Å². The van der Waals surface area contributed by atoms with Crippen molar-refractivity contribution in [3.63, 3.8) is 0 Å². The zero-order chi connectivity index (χ0) is 29.2. The van der Waals surface area contributed by atoms with Crippen molar-refractivity contribution in [1.29, 1.82) is 0 Å². The smallest absolute Gasteiger partial charge is 0.356 e. The number of piperidine rings is 1. The highest BCUT2D eigenvalue weighted by Crippen LogP contribution is 2.38. The minimum absolute atomic E-state index is 0.0445. The van der Waals surface area contributed by atoms with Gasteiger partial charge in [-0.25, -0.2) is 19.9 Å². The lowest BCUT2D eigenvalue weighted by Crippen LogP contribution is -2.39. The summed E-state index contributed by atoms with van der Waals surface area (Å²) < 4.78 is 63.7. The van der Waals surface area contributed by atoms with Gasteiger partial charge in [0.1, 0.15) is 11.6 Å². The molecule has 220 valence electrons. The molecule has 1 fully saturated rings. The molecular weight excluding hydrogens is 577 g/mol. The number of hydrogen-bond donors (Lipinski definition) is 1. The molecule has 5 rings (SSSR count). The van der Waals surface area contributed by atoms with Crippen molar-refractivity contribution in [1.82, 2.24) is 19.9 Å². The minimum Gasteiger partial charge on any atom is -0.356 e. The summed E-state index contributed by atoms with van der Waals surface area (Å²) in [6.45, 7) is 5.21. The Morgan fingerprint density at radius 3 is 2.49 bits per heavy atom. The van der Waals surface area contributed by atoms with Gasteiger partial charge < -0.3 is 15.1 Å². The fraction of sp³-hybridized carbons (Fsp3) is 0.462. The highest BCUT2D eigenvalue weighted by atomic mass is 32.2. The lowest BCUT2D eigenvalue weighted by Gasteiger charge is -2.35. The second-order valence-corrected chi connectivity index (χ2v) is 12.5. The van der Waals surface area contributed by atoms with Gasteiger partial charge in [-0.05, 0) is 68.2 Å². The van der Waals surface area contributed by atoms with Gasteiger partial charge in [0.2, 0.25) is 5.95 Å². The monoisotopic (exact) mass is 608 g/mol.